The maximum absolute atomic E-state index is 11.0. The predicted octanol–water partition coefficient (Wildman–Crippen LogP) is -0.947. The summed E-state index contributed by atoms with van der Waals surface area (Å²) in [7, 11) is 0. The quantitative estimate of drug-likeness (QED) is 0.564. The molecule has 0 radical (unpaired) electrons. The molecule has 0 bridgehead atoms. The number of aliphatic hydroxyl groups excluding tert-OH is 1. The van der Waals surface area contributed by atoms with Gasteiger partial charge < -0.3 is 15.1 Å². The largest absolute Gasteiger partial charge is 0.480 e. The molecular formula is C7H11NO4. The number of rotatable bonds is 2. The van der Waals surface area contributed by atoms with Gasteiger partial charge in [0.2, 0.25) is 5.91 Å². The third-order valence-electron chi connectivity index (χ3n) is 1.96. The Balaban J connectivity index is 2.64. The second-order valence-electron chi connectivity index (χ2n) is 2.92. The highest BCUT2D eigenvalue weighted by molar-refractivity contribution is 5.85. The van der Waals surface area contributed by atoms with Crippen LogP contribution in [0.25, 0.3) is 0 Å². The van der Waals surface area contributed by atoms with Crippen LogP contribution in [0, 0.1) is 0 Å². The van der Waals surface area contributed by atoms with Crippen LogP contribution < -0.4 is 0 Å². The van der Waals surface area contributed by atoms with E-state index in [0.29, 0.717) is 0 Å². The van der Waals surface area contributed by atoms with Gasteiger partial charge in [-0.05, 0) is 6.92 Å². The lowest BCUT2D eigenvalue weighted by Crippen LogP contribution is -2.40. The summed E-state index contributed by atoms with van der Waals surface area (Å²) in [4.78, 5) is 22.7. The molecule has 0 aromatic heterocycles. The molecule has 1 aliphatic heterocycles. The van der Waals surface area contributed by atoms with E-state index in [1.54, 1.807) is 0 Å². The standard InChI is InChI=1S/C7H11NO4/c1-4(7(11)12)8-3-5(9)2-6(8)10/h4-5,9H,2-3H2,1H3,(H,11,12)/t4-,5?/m0/s1. The minimum atomic E-state index is -1.04. The molecule has 68 valence electrons. The molecule has 1 rings (SSSR count). The highest BCUT2D eigenvalue weighted by Crippen LogP contribution is 2.13. The van der Waals surface area contributed by atoms with Crippen molar-refractivity contribution in [2.45, 2.75) is 25.5 Å². The SMILES string of the molecule is C[C@@H](C(=O)O)N1CC(O)CC1=O. The summed E-state index contributed by atoms with van der Waals surface area (Å²) >= 11 is 0. The van der Waals surface area contributed by atoms with Crippen LogP contribution in [-0.4, -0.2) is 45.7 Å². The number of hydrogen-bond donors (Lipinski definition) is 2. The van der Waals surface area contributed by atoms with Crippen LogP contribution in [-0.2, 0) is 9.59 Å². The number of amides is 1. The molecule has 1 unspecified atom stereocenters. The van der Waals surface area contributed by atoms with E-state index in [2.05, 4.69) is 0 Å². The van der Waals surface area contributed by atoms with Gasteiger partial charge in [0, 0.05) is 6.54 Å². The lowest BCUT2D eigenvalue weighted by Gasteiger charge is -2.19. The van der Waals surface area contributed by atoms with Crippen molar-refractivity contribution in [2.75, 3.05) is 6.54 Å². The van der Waals surface area contributed by atoms with Crippen molar-refractivity contribution in [3.63, 3.8) is 0 Å². The minimum Gasteiger partial charge on any atom is -0.480 e. The number of carbonyl (C=O) groups excluding carboxylic acids is 1. The van der Waals surface area contributed by atoms with Crippen LogP contribution in [0.1, 0.15) is 13.3 Å². The Morgan fingerprint density at radius 3 is 2.67 bits per heavy atom. The molecule has 0 aromatic carbocycles. The summed E-state index contributed by atoms with van der Waals surface area (Å²) in [6.07, 6.45) is -0.670. The van der Waals surface area contributed by atoms with Crippen LogP contribution in [0.2, 0.25) is 0 Å². The van der Waals surface area contributed by atoms with Gasteiger partial charge in [-0.3, -0.25) is 4.79 Å². The zero-order valence-electron chi connectivity index (χ0n) is 6.73. The molecule has 1 heterocycles. The Labute approximate surface area is 69.6 Å². The van der Waals surface area contributed by atoms with Gasteiger partial charge in [0.05, 0.1) is 12.5 Å². The highest BCUT2D eigenvalue weighted by Gasteiger charge is 2.34. The first-order valence-corrected chi connectivity index (χ1v) is 3.72. The normalized spacial score (nSPS) is 26.0. The second kappa shape index (κ2) is 3.10. The number of carbonyl (C=O) groups is 2. The average molecular weight is 173 g/mol. The van der Waals surface area contributed by atoms with Gasteiger partial charge in [-0.15, -0.1) is 0 Å². The molecule has 1 amide bonds. The van der Waals surface area contributed by atoms with Crippen LogP contribution in [0.3, 0.4) is 0 Å². The molecule has 5 heteroatoms. The Kier molecular flexibility index (Phi) is 2.32. The molecule has 1 aliphatic rings. The molecule has 0 spiro atoms. The summed E-state index contributed by atoms with van der Waals surface area (Å²) < 4.78 is 0. The van der Waals surface area contributed by atoms with E-state index in [4.69, 9.17) is 10.2 Å². The summed E-state index contributed by atoms with van der Waals surface area (Å²) in [6.45, 7) is 1.56. The van der Waals surface area contributed by atoms with E-state index < -0.39 is 18.1 Å². The Bertz CT molecular complexity index is 215. The first-order valence-electron chi connectivity index (χ1n) is 3.72. The van der Waals surface area contributed by atoms with E-state index in [9.17, 15) is 9.59 Å². The second-order valence-corrected chi connectivity index (χ2v) is 2.92. The fourth-order valence-corrected chi connectivity index (χ4v) is 1.22. The summed E-state index contributed by atoms with van der Waals surface area (Å²) in [5.41, 5.74) is 0. The number of carboxylic acid groups (broad SMARTS) is 1. The third-order valence-corrected chi connectivity index (χ3v) is 1.96. The molecule has 2 N–H and O–H groups in total. The van der Waals surface area contributed by atoms with Crippen LogP contribution in [0.15, 0.2) is 0 Å². The first kappa shape index (κ1) is 8.99. The molecule has 5 nitrogen and oxygen atoms in total. The Morgan fingerprint density at radius 2 is 2.33 bits per heavy atom. The number of carboxylic acids is 1. The van der Waals surface area contributed by atoms with Gasteiger partial charge in [-0.1, -0.05) is 0 Å². The number of nitrogens with zero attached hydrogens (tertiary/aromatic N) is 1. The summed E-state index contributed by atoms with van der Waals surface area (Å²) in [5.74, 6) is -1.34. The summed E-state index contributed by atoms with van der Waals surface area (Å²) in [5, 5.41) is 17.6. The average Bonchev–Trinajstić information content (AvgIpc) is 2.28. The lowest BCUT2D eigenvalue weighted by molar-refractivity contribution is -0.147. The number of hydrogen-bond acceptors (Lipinski definition) is 3. The van der Waals surface area contributed by atoms with Crippen LogP contribution in [0.5, 0.6) is 0 Å². The van der Waals surface area contributed by atoms with Crippen molar-refractivity contribution < 1.29 is 19.8 Å². The van der Waals surface area contributed by atoms with Crippen molar-refractivity contribution in [3.8, 4) is 0 Å². The molecule has 1 fully saturated rings. The number of β-amino-alcohol motifs (C(OH)–C–C–N with tert-alkyl or cyclic N) is 1. The van der Waals surface area contributed by atoms with Gasteiger partial charge in [0.25, 0.3) is 0 Å². The van der Waals surface area contributed by atoms with Crippen molar-refractivity contribution >= 4 is 11.9 Å². The Morgan fingerprint density at radius 1 is 1.75 bits per heavy atom. The van der Waals surface area contributed by atoms with E-state index in [0.717, 1.165) is 0 Å². The topological polar surface area (TPSA) is 77.8 Å². The van der Waals surface area contributed by atoms with E-state index >= 15 is 0 Å². The fraction of sp³-hybridized carbons (Fsp3) is 0.714. The van der Waals surface area contributed by atoms with Crippen molar-refractivity contribution in [1.82, 2.24) is 4.90 Å². The maximum Gasteiger partial charge on any atom is 0.326 e. The van der Waals surface area contributed by atoms with Gasteiger partial charge >= 0.3 is 5.97 Å². The van der Waals surface area contributed by atoms with E-state index in [1.165, 1.54) is 11.8 Å². The predicted molar refractivity (Wildman–Crippen MR) is 39.4 cm³/mol. The first-order chi connectivity index (χ1) is 5.52. The number of aliphatic hydroxyl groups is 1. The van der Waals surface area contributed by atoms with Crippen molar-refractivity contribution in [3.05, 3.63) is 0 Å². The van der Waals surface area contributed by atoms with Crippen molar-refractivity contribution in [2.24, 2.45) is 0 Å². The van der Waals surface area contributed by atoms with Gasteiger partial charge in [0.15, 0.2) is 0 Å². The summed E-state index contributed by atoms with van der Waals surface area (Å²) in [6, 6.07) is -0.838. The fourth-order valence-electron chi connectivity index (χ4n) is 1.22. The molecule has 2 atom stereocenters. The van der Waals surface area contributed by atoms with Crippen molar-refractivity contribution in [1.29, 1.82) is 0 Å². The molecule has 0 saturated carbocycles. The highest BCUT2D eigenvalue weighted by atomic mass is 16.4. The minimum absolute atomic E-state index is 0.0393. The van der Waals surface area contributed by atoms with E-state index in [-0.39, 0.29) is 18.9 Å². The molecule has 0 aromatic rings. The zero-order valence-corrected chi connectivity index (χ0v) is 6.73. The van der Waals surface area contributed by atoms with Gasteiger partial charge in [-0.2, -0.15) is 0 Å². The zero-order chi connectivity index (χ0) is 9.30. The molecule has 12 heavy (non-hydrogen) atoms. The van der Waals surface area contributed by atoms with E-state index in [1.807, 2.05) is 0 Å². The maximum atomic E-state index is 11.0. The number of likely N-dealkylation sites (tertiary alicyclic amines) is 1. The molecule has 0 aliphatic carbocycles. The monoisotopic (exact) mass is 173 g/mol. The smallest absolute Gasteiger partial charge is 0.326 e. The Hall–Kier alpha value is -1.10. The van der Waals surface area contributed by atoms with Crippen LogP contribution in [0.4, 0.5) is 0 Å². The van der Waals surface area contributed by atoms with Gasteiger partial charge in [-0.25, -0.2) is 4.79 Å². The molecule has 1 saturated heterocycles. The third kappa shape index (κ3) is 1.55. The lowest BCUT2D eigenvalue weighted by atomic mass is 10.3. The molecular weight excluding hydrogens is 162 g/mol. The van der Waals surface area contributed by atoms with Crippen LogP contribution >= 0.6 is 0 Å². The number of aliphatic carboxylic acids is 1. The van der Waals surface area contributed by atoms with Gasteiger partial charge in [0.1, 0.15) is 6.04 Å².